The van der Waals surface area contributed by atoms with E-state index in [0.717, 1.165) is 38.2 Å². The number of likely N-dealkylation sites (tertiary alicyclic amines) is 1. The van der Waals surface area contributed by atoms with Crippen LogP contribution in [0.25, 0.3) is 0 Å². The molecule has 0 bridgehead atoms. The van der Waals surface area contributed by atoms with E-state index in [1.165, 1.54) is 0 Å². The molecule has 6 heteroatoms. The summed E-state index contributed by atoms with van der Waals surface area (Å²) in [5.74, 6) is 0. The zero-order valence-corrected chi connectivity index (χ0v) is 12.0. The zero-order chi connectivity index (χ0) is 14.5. The van der Waals surface area contributed by atoms with E-state index in [-0.39, 0.29) is 12.2 Å². The molecule has 21 heavy (non-hydrogen) atoms. The van der Waals surface area contributed by atoms with E-state index in [2.05, 4.69) is 15.2 Å². The minimum Gasteiger partial charge on any atom is -0.443 e. The van der Waals surface area contributed by atoms with Crippen molar-refractivity contribution in [3.8, 4) is 0 Å². The van der Waals surface area contributed by atoms with E-state index in [1.807, 2.05) is 18.2 Å². The Morgan fingerprint density at radius 2 is 2.24 bits per heavy atom. The van der Waals surface area contributed by atoms with Crippen molar-refractivity contribution < 1.29 is 14.3 Å². The molecule has 2 aliphatic heterocycles. The van der Waals surface area contributed by atoms with Crippen LogP contribution in [0.15, 0.2) is 24.4 Å². The third-order valence-electron chi connectivity index (χ3n) is 3.94. The van der Waals surface area contributed by atoms with Crippen molar-refractivity contribution >= 4 is 6.09 Å². The maximum atomic E-state index is 11.0. The summed E-state index contributed by atoms with van der Waals surface area (Å²) in [5, 5.41) is 2.69. The maximum Gasteiger partial charge on any atom is 0.407 e. The average molecular weight is 291 g/mol. The van der Waals surface area contributed by atoms with Gasteiger partial charge >= 0.3 is 6.09 Å². The highest BCUT2D eigenvalue weighted by atomic mass is 16.6. The van der Waals surface area contributed by atoms with E-state index in [0.29, 0.717) is 19.3 Å². The number of hydrogen-bond acceptors (Lipinski definition) is 5. The number of carbonyl (C=O) groups is 1. The normalized spacial score (nSPS) is 23.8. The van der Waals surface area contributed by atoms with Crippen molar-refractivity contribution in [3.63, 3.8) is 0 Å². The fraction of sp³-hybridized carbons (Fsp3) is 0.600. The number of amides is 1. The second kappa shape index (κ2) is 6.87. The standard InChI is InChI=1S/C15H21N3O3/c19-15-17-9-14(21-15)10-18-7-4-13(5-8-18)20-11-12-3-1-2-6-16-12/h1-3,6,13-14H,4-5,7-11H2,(H,17,19). The number of aromatic nitrogens is 1. The van der Waals surface area contributed by atoms with Gasteiger partial charge in [-0.1, -0.05) is 6.07 Å². The summed E-state index contributed by atoms with van der Waals surface area (Å²) >= 11 is 0. The first kappa shape index (κ1) is 14.3. The highest BCUT2D eigenvalue weighted by molar-refractivity contribution is 5.69. The summed E-state index contributed by atoms with van der Waals surface area (Å²) < 4.78 is 11.1. The SMILES string of the molecule is O=C1NCC(CN2CCC(OCc3ccccn3)CC2)O1. The Labute approximate surface area is 124 Å². The van der Waals surface area contributed by atoms with Gasteiger partial charge in [-0.05, 0) is 25.0 Å². The molecule has 2 saturated heterocycles. The molecule has 1 N–H and O–H groups in total. The monoisotopic (exact) mass is 291 g/mol. The lowest BCUT2D eigenvalue weighted by atomic mass is 10.1. The molecule has 2 aliphatic rings. The van der Waals surface area contributed by atoms with Gasteiger partial charge in [0.1, 0.15) is 6.10 Å². The van der Waals surface area contributed by atoms with E-state index in [9.17, 15) is 4.79 Å². The number of piperidine rings is 1. The average Bonchev–Trinajstić information content (AvgIpc) is 2.93. The van der Waals surface area contributed by atoms with E-state index in [4.69, 9.17) is 9.47 Å². The topological polar surface area (TPSA) is 63.7 Å². The number of alkyl carbamates (subject to hydrolysis) is 1. The molecule has 1 amide bonds. The number of ether oxygens (including phenoxy) is 2. The quantitative estimate of drug-likeness (QED) is 0.882. The van der Waals surface area contributed by atoms with Crippen molar-refractivity contribution in [2.24, 2.45) is 0 Å². The van der Waals surface area contributed by atoms with E-state index in [1.54, 1.807) is 6.20 Å². The molecule has 0 spiro atoms. The van der Waals surface area contributed by atoms with Crippen LogP contribution in [-0.4, -0.2) is 54.4 Å². The molecule has 3 heterocycles. The summed E-state index contributed by atoms with van der Waals surface area (Å²) in [6.45, 7) is 3.98. The van der Waals surface area contributed by atoms with E-state index >= 15 is 0 Å². The summed E-state index contributed by atoms with van der Waals surface area (Å²) in [5.41, 5.74) is 0.976. The van der Waals surface area contributed by atoms with Gasteiger partial charge in [0.25, 0.3) is 0 Å². The molecule has 3 rings (SSSR count). The number of nitrogens with one attached hydrogen (secondary N) is 1. The Morgan fingerprint density at radius 1 is 1.38 bits per heavy atom. The van der Waals surface area contributed by atoms with Gasteiger partial charge in [-0.2, -0.15) is 0 Å². The molecule has 1 aromatic heterocycles. The molecule has 6 nitrogen and oxygen atoms in total. The second-order valence-electron chi connectivity index (χ2n) is 5.54. The van der Waals surface area contributed by atoms with Crippen molar-refractivity contribution in [3.05, 3.63) is 30.1 Å². The highest BCUT2D eigenvalue weighted by Crippen LogP contribution is 2.16. The van der Waals surface area contributed by atoms with Gasteiger partial charge in [-0.3, -0.25) is 9.88 Å². The van der Waals surface area contributed by atoms with Crippen molar-refractivity contribution in [2.75, 3.05) is 26.2 Å². The van der Waals surface area contributed by atoms with Crippen LogP contribution >= 0.6 is 0 Å². The molecular weight excluding hydrogens is 270 g/mol. The third-order valence-corrected chi connectivity index (χ3v) is 3.94. The number of cyclic esters (lactones) is 1. The van der Waals surface area contributed by atoms with Crippen LogP contribution in [0.5, 0.6) is 0 Å². The van der Waals surface area contributed by atoms with Crippen molar-refractivity contribution in [1.29, 1.82) is 0 Å². The predicted octanol–water partition coefficient (Wildman–Crippen LogP) is 1.17. The van der Waals surface area contributed by atoms with Crippen LogP contribution in [0, 0.1) is 0 Å². The first-order chi connectivity index (χ1) is 10.3. The molecule has 114 valence electrons. The van der Waals surface area contributed by atoms with Crippen molar-refractivity contribution in [2.45, 2.75) is 31.7 Å². The van der Waals surface area contributed by atoms with Crippen LogP contribution in [0.1, 0.15) is 18.5 Å². The van der Waals surface area contributed by atoms with Gasteiger partial charge < -0.3 is 14.8 Å². The van der Waals surface area contributed by atoms with Gasteiger partial charge in [-0.25, -0.2) is 4.79 Å². The molecule has 1 aromatic rings. The minimum atomic E-state index is -0.298. The molecule has 0 radical (unpaired) electrons. The zero-order valence-electron chi connectivity index (χ0n) is 12.0. The summed E-state index contributed by atoms with van der Waals surface area (Å²) in [6, 6.07) is 5.87. The molecule has 0 aliphatic carbocycles. The fourth-order valence-electron chi connectivity index (χ4n) is 2.77. The Bertz CT molecular complexity index is 460. The van der Waals surface area contributed by atoms with Gasteiger partial charge in [0, 0.05) is 25.8 Å². The molecule has 2 fully saturated rings. The van der Waals surface area contributed by atoms with Crippen LogP contribution < -0.4 is 5.32 Å². The number of pyridine rings is 1. The van der Waals surface area contributed by atoms with E-state index < -0.39 is 0 Å². The number of nitrogens with zero attached hydrogens (tertiary/aromatic N) is 2. The van der Waals surface area contributed by atoms with Gasteiger partial charge in [-0.15, -0.1) is 0 Å². The van der Waals surface area contributed by atoms with Crippen molar-refractivity contribution in [1.82, 2.24) is 15.2 Å². The third kappa shape index (κ3) is 4.15. The largest absolute Gasteiger partial charge is 0.443 e. The fourth-order valence-corrected chi connectivity index (χ4v) is 2.77. The minimum absolute atomic E-state index is 0.0107. The second-order valence-corrected chi connectivity index (χ2v) is 5.54. The highest BCUT2D eigenvalue weighted by Gasteiger charge is 2.27. The van der Waals surface area contributed by atoms with Crippen LogP contribution in [0.2, 0.25) is 0 Å². The Kier molecular flexibility index (Phi) is 4.67. The maximum absolute atomic E-state index is 11.0. The smallest absolute Gasteiger partial charge is 0.407 e. The van der Waals surface area contributed by atoms with Gasteiger partial charge in [0.05, 0.1) is 24.9 Å². The summed E-state index contributed by atoms with van der Waals surface area (Å²) in [7, 11) is 0. The first-order valence-electron chi connectivity index (χ1n) is 7.48. The first-order valence-corrected chi connectivity index (χ1v) is 7.48. The van der Waals surface area contributed by atoms with Gasteiger partial charge in [0.15, 0.2) is 0 Å². The van der Waals surface area contributed by atoms with Gasteiger partial charge in [0.2, 0.25) is 0 Å². The Morgan fingerprint density at radius 3 is 2.90 bits per heavy atom. The summed E-state index contributed by atoms with van der Waals surface area (Å²) in [4.78, 5) is 17.6. The molecule has 0 saturated carbocycles. The lowest BCUT2D eigenvalue weighted by Gasteiger charge is -2.32. The van der Waals surface area contributed by atoms with Crippen LogP contribution in [0.3, 0.4) is 0 Å². The molecular formula is C15H21N3O3. The Hall–Kier alpha value is -1.66. The molecule has 1 unspecified atom stereocenters. The lowest BCUT2D eigenvalue weighted by molar-refractivity contribution is -0.0101. The molecule has 1 atom stereocenters. The van der Waals surface area contributed by atoms with Crippen LogP contribution in [0.4, 0.5) is 4.79 Å². The molecule has 0 aromatic carbocycles. The number of carbonyl (C=O) groups excluding carboxylic acids is 1. The number of rotatable bonds is 5. The predicted molar refractivity (Wildman–Crippen MR) is 76.8 cm³/mol. The lowest BCUT2D eigenvalue weighted by Crippen LogP contribution is -2.41. The Balaban J connectivity index is 1.36. The van der Waals surface area contributed by atoms with Crippen LogP contribution in [-0.2, 0) is 16.1 Å². The summed E-state index contributed by atoms with van der Waals surface area (Å²) in [6.07, 6.45) is 3.81. The number of hydrogen-bond donors (Lipinski definition) is 1.